The molecule has 0 amide bonds. The zero-order valence-corrected chi connectivity index (χ0v) is 13.1. The monoisotopic (exact) mass is 307 g/mol. The van der Waals surface area contributed by atoms with Gasteiger partial charge in [-0.05, 0) is 30.9 Å². The van der Waals surface area contributed by atoms with Crippen LogP contribution in [-0.4, -0.2) is 22.2 Å². The second-order valence-electron chi connectivity index (χ2n) is 5.10. The molecule has 2 rings (SSSR count). The average Bonchev–Trinajstić information content (AvgIpc) is 2.99. The van der Waals surface area contributed by atoms with Crippen molar-refractivity contribution in [2.45, 2.75) is 38.8 Å². The van der Waals surface area contributed by atoms with Gasteiger partial charge in [-0.3, -0.25) is 0 Å². The number of benzene rings is 1. The van der Waals surface area contributed by atoms with E-state index in [9.17, 15) is 0 Å². The molecule has 1 heterocycles. The van der Waals surface area contributed by atoms with E-state index >= 15 is 0 Å². The average molecular weight is 308 g/mol. The molecule has 114 valence electrons. The molecule has 5 heteroatoms. The second kappa shape index (κ2) is 8.05. The van der Waals surface area contributed by atoms with E-state index in [-0.39, 0.29) is 6.04 Å². The molecule has 21 heavy (non-hydrogen) atoms. The first-order valence-electron chi connectivity index (χ1n) is 7.32. The van der Waals surface area contributed by atoms with Crippen molar-refractivity contribution < 1.29 is 4.74 Å². The molecule has 1 unspecified atom stereocenters. The van der Waals surface area contributed by atoms with Crippen LogP contribution in [0.15, 0.2) is 36.9 Å². The minimum Gasteiger partial charge on any atom is -0.492 e. The lowest BCUT2D eigenvalue weighted by Crippen LogP contribution is -2.21. The summed E-state index contributed by atoms with van der Waals surface area (Å²) in [4.78, 5) is 4.02. The maximum atomic E-state index is 6.25. The number of imidazole rings is 1. The largest absolute Gasteiger partial charge is 0.492 e. The van der Waals surface area contributed by atoms with Crippen molar-refractivity contribution in [2.75, 3.05) is 6.61 Å². The van der Waals surface area contributed by atoms with Crippen molar-refractivity contribution in [1.82, 2.24) is 9.55 Å². The molecule has 1 atom stereocenters. The Labute approximate surface area is 130 Å². The highest BCUT2D eigenvalue weighted by atomic mass is 35.5. The fraction of sp³-hybridized carbons (Fsp3) is 0.438. The minimum atomic E-state index is 0.136. The van der Waals surface area contributed by atoms with Crippen LogP contribution >= 0.6 is 11.6 Å². The number of hydrogen-bond donors (Lipinski definition) is 1. The zero-order valence-electron chi connectivity index (χ0n) is 12.3. The van der Waals surface area contributed by atoms with E-state index < -0.39 is 0 Å². The van der Waals surface area contributed by atoms with Crippen LogP contribution in [0.25, 0.3) is 0 Å². The van der Waals surface area contributed by atoms with Crippen LogP contribution in [-0.2, 0) is 13.0 Å². The van der Waals surface area contributed by atoms with E-state index in [0.717, 1.165) is 37.1 Å². The first kappa shape index (κ1) is 15.9. The Bertz CT molecular complexity index is 542. The molecule has 0 aliphatic heterocycles. The number of hydrogen-bond acceptors (Lipinski definition) is 3. The Morgan fingerprint density at radius 2 is 2.29 bits per heavy atom. The third-order valence-corrected chi connectivity index (χ3v) is 3.72. The van der Waals surface area contributed by atoms with Crippen molar-refractivity contribution in [3.05, 3.63) is 47.5 Å². The summed E-state index contributed by atoms with van der Waals surface area (Å²) in [6.45, 7) is 3.59. The lowest BCUT2D eigenvalue weighted by atomic mass is 10.0. The Morgan fingerprint density at radius 3 is 3.00 bits per heavy atom. The molecule has 4 nitrogen and oxygen atoms in total. The number of halogens is 1. The number of para-hydroxylation sites is 1. The highest BCUT2D eigenvalue weighted by molar-refractivity contribution is 6.32. The molecule has 2 aromatic rings. The van der Waals surface area contributed by atoms with Crippen molar-refractivity contribution >= 4 is 11.6 Å². The van der Waals surface area contributed by atoms with Gasteiger partial charge in [0.1, 0.15) is 5.75 Å². The van der Waals surface area contributed by atoms with Gasteiger partial charge in [-0.1, -0.05) is 30.7 Å². The molecule has 0 saturated carbocycles. The predicted molar refractivity (Wildman–Crippen MR) is 85.8 cm³/mol. The van der Waals surface area contributed by atoms with E-state index in [2.05, 4.69) is 11.9 Å². The topological polar surface area (TPSA) is 53.1 Å². The van der Waals surface area contributed by atoms with Crippen molar-refractivity contribution in [2.24, 2.45) is 5.73 Å². The second-order valence-corrected chi connectivity index (χ2v) is 5.51. The number of aryl methyl sites for hydroxylation is 1. The highest BCUT2D eigenvalue weighted by Crippen LogP contribution is 2.29. The molecule has 0 radical (unpaired) electrons. The number of nitrogens with two attached hydrogens (primary N) is 1. The van der Waals surface area contributed by atoms with Crippen LogP contribution in [0.1, 0.15) is 25.3 Å². The number of nitrogens with zero attached hydrogens (tertiary/aromatic N) is 2. The molecule has 0 saturated heterocycles. The minimum absolute atomic E-state index is 0.136. The summed E-state index contributed by atoms with van der Waals surface area (Å²) in [6.07, 6.45) is 8.16. The first-order valence-corrected chi connectivity index (χ1v) is 7.70. The van der Waals surface area contributed by atoms with E-state index in [1.807, 2.05) is 29.0 Å². The maximum Gasteiger partial charge on any atom is 0.141 e. The predicted octanol–water partition coefficient (Wildman–Crippen LogP) is 3.29. The van der Waals surface area contributed by atoms with Crippen LogP contribution in [0, 0.1) is 0 Å². The van der Waals surface area contributed by atoms with Crippen LogP contribution in [0.3, 0.4) is 0 Å². The molecule has 0 bridgehead atoms. The van der Waals surface area contributed by atoms with Crippen LogP contribution in [0.5, 0.6) is 5.75 Å². The number of rotatable bonds is 8. The summed E-state index contributed by atoms with van der Waals surface area (Å²) in [7, 11) is 0. The molecule has 1 aromatic heterocycles. The normalized spacial score (nSPS) is 12.3. The standard InChI is InChI=1S/C16H22ClN3O/c1-2-14(18)11-13-5-3-6-15(17)16(13)21-10-4-8-20-9-7-19-12-20/h3,5-7,9,12,14H,2,4,8,10-11,18H2,1H3. The molecule has 0 aliphatic rings. The first-order chi connectivity index (χ1) is 10.2. The lowest BCUT2D eigenvalue weighted by molar-refractivity contribution is 0.298. The molecular weight excluding hydrogens is 286 g/mol. The Hall–Kier alpha value is -1.52. The lowest BCUT2D eigenvalue weighted by Gasteiger charge is -2.15. The van der Waals surface area contributed by atoms with Gasteiger partial charge in [0, 0.05) is 25.0 Å². The van der Waals surface area contributed by atoms with Gasteiger partial charge in [0.2, 0.25) is 0 Å². The van der Waals surface area contributed by atoms with Crippen LogP contribution < -0.4 is 10.5 Å². The van der Waals surface area contributed by atoms with Gasteiger partial charge in [-0.2, -0.15) is 0 Å². The summed E-state index contributed by atoms with van der Waals surface area (Å²) in [5.74, 6) is 0.772. The number of aromatic nitrogens is 2. The molecule has 0 spiro atoms. The van der Waals surface area contributed by atoms with Gasteiger partial charge in [0.05, 0.1) is 18.0 Å². The quantitative estimate of drug-likeness (QED) is 0.761. The Morgan fingerprint density at radius 1 is 1.43 bits per heavy atom. The van der Waals surface area contributed by atoms with Gasteiger partial charge >= 0.3 is 0 Å². The smallest absolute Gasteiger partial charge is 0.141 e. The van der Waals surface area contributed by atoms with Gasteiger partial charge in [0.25, 0.3) is 0 Å². The summed E-state index contributed by atoms with van der Waals surface area (Å²) < 4.78 is 7.92. The maximum absolute atomic E-state index is 6.25. The van der Waals surface area contributed by atoms with Gasteiger partial charge in [0.15, 0.2) is 0 Å². The summed E-state index contributed by atoms with van der Waals surface area (Å²) in [5, 5.41) is 0.651. The van der Waals surface area contributed by atoms with Gasteiger partial charge in [-0.15, -0.1) is 0 Å². The van der Waals surface area contributed by atoms with Crippen LogP contribution in [0.4, 0.5) is 0 Å². The Balaban J connectivity index is 1.91. The zero-order chi connectivity index (χ0) is 15.1. The van der Waals surface area contributed by atoms with E-state index in [0.29, 0.717) is 11.6 Å². The summed E-state index contributed by atoms with van der Waals surface area (Å²) in [5.41, 5.74) is 7.12. The van der Waals surface area contributed by atoms with E-state index in [4.69, 9.17) is 22.1 Å². The van der Waals surface area contributed by atoms with Crippen molar-refractivity contribution in [3.63, 3.8) is 0 Å². The van der Waals surface area contributed by atoms with Gasteiger partial charge < -0.3 is 15.0 Å². The van der Waals surface area contributed by atoms with Crippen molar-refractivity contribution in [3.8, 4) is 5.75 Å². The third-order valence-electron chi connectivity index (χ3n) is 3.42. The van der Waals surface area contributed by atoms with E-state index in [1.165, 1.54) is 0 Å². The van der Waals surface area contributed by atoms with E-state index in [1.54, 1.807) is 12.5 Å². The van der Waals surface area contributed by atoms with Gasteiger partial charge in [-0.25, -0.2) is 4.98 Å². The summed E-state index contributed by atoms with van der Waals surface area (Å²) in [6, 6.07) is 5.97. The van der Waals surface area contributed by atoms with Crippen LogP contribution in [0.2, 0.25) is 5.02 Å². The molecule has 2 N–H and O–H groups in total. The molecular formula is C16H22ClN3O. The molecule has 1 aromatic carbocycles. The molecule has 0 aliphatic carbocycles. The molecule has 0 fully saturated rings. The fourth-order valence-corrected chi connectivity index (χ4v) is 2.39. The Kier molecular flexibility index (Phi) is 6.08. The summed E-state index contributed by atoms with van der Waals surface area (Å²) >= 11 is 6.25. The number of ether oxygens (including phenoxy) is 1. The highest BCUT2D eigenvalue weighted by Gasteiger charge is 2.11. The van der Waals surface area contributed by atoms with Crippen molar-refractivity contribution in [1.29, 1.82) is 0 Å². The fourth-order valence-electron chi connectivity index (χ4n) is 2.14. The third kappa shape index (κ3) is 4.76. The SMILES string of the molecule is CCC(N)Cc1cccc(Cl)c1OCCCn1ccnc1.